The summed E-state index contributed by atoms with van der Waals surface area (Å²) in [6.45, 7) is 0. The zero-order valence-electron chi connectivity index (χ0n) is 10.9. The highest BCUT2D eigenvalue weighted by Crippen LogP contribution is 2.24. The van der Waals surface area contributed by atoms with Crippen LogP contribution in [0.25, 0.3) is 11.0 Å². The van der Waals surface area contributed by atoms with Crippen LogP contribution < -0.4 is 17.0 Å². The molecule has 0 bridgehead atoms. The second-order valence-electron chi connectivity index (χ2n) is 4.35. The number of benzene rings is 1. The van der Waals surface area contributed by atoms with Gasteiger partial charge in [0.05, 0.1) is 16.8 Å². The highest BCUT2D eigenvalue weighted by Gasteiger charge is 2.10. The number of H-pyrrole nitrogens is 1. The van der Waals surface area contributed by atoms with Crippen molar-refractivity contribution in [1.29, 1.82) is 0 Å². The first-order chi connectivity index (χ1) is 10.2. The van der Waals surface area contributed by atoms with Gasteiger partial charge in [-0.05, 0) is 30.3 Å². The number of hydrazine groups is 1. The normalized spacial score (nSPS) is 10.9. The van der Waals surface area contributed by atoms with Gasteiger partial charge in [0.2, 0.25) is 0 Å². The number of fused-ring (bicyclic) bond motifs is 1. The first kappa shape index (κ1) is 13.5. The molecule has 2 aromatic heterocycles. The molecule has 7 nitrogen and oxygen atoms in total. The molecular formula is C13H13N5O2S. The van der Waals surface area contributed by atoms with Gasteiger partial charge in [-0.25, -0.2) is 10.8 Å². The van der Waals surface area contributed by atoms with Crippen LogP contribution in [0.15, 0.2) is 39.9 Å². The van der Waals surface area contributed by atoms with Crippen molar-refractivity contribution in [2.75, 3.05) is 5.73 Å². The summed E-state index contributed by atoms with van der Waals surface area (Å²) in [6, 6.07) is 8.82. The van der Waals surface area contributed by atoms with Crippen molar-refractivity contribution in [3.63, 3.8) is 0 Å². The molecule has 8 heteroatoms. The van der Waals surface area contributed by atoms with Crippen LogP contribution in [0.5, 0.6) is 0 Å². The van der Waals surface area contributed by atoms with E-state index in [0.29, 0.717) is 17.2 Å². The summed E-state index contributed by atoms with van der Waals surface area (Å²) < 4.78 is 5.38. The molecule has 0 saturated carbocycles. The molecule has 21 heavy (non-hydrogen) atoms. The summed E-state index contributed by atoms with van der Waals surface area (Å²) in [5.41, 5.74) is 10.2. The van der Waals surface area contributed by atoms with E-state index in [-0.39, 0.29) is 5.76 Å². The van der Waals surface area contributed by atoms with Crippen LogP contribution in [0.3, 0.4) is 0 Å². The average molecular weight is 303 g/mol. The molecule has 0 radical (unpaired) electrons. The standard InChI is InChI=1S/C13H13N5O2S/c14-7-1-3-9-10(5-7)17-13(16-9)21-6-8-2-4-11(20-8)12(19)18-15/h1-5H,6,14-15H2,(H,16,17)(H,18,19). The number of furan rings is 1. The van der Waals surface area contributed by atoms with E-state index in [0.717, 1.165) is 16.2 Å². The molecule has 0 fully saturated rings. The number of nitrogens with zero attached hydrogens (tertiary/aromatic N) is 1. The van der Waals surface area contributed by atoms with Gasteiger partial charge < -0.3 is 15.1 Å². The number of aromatic amines is 1. The van der Waals surface area contributed by atoms with Crippen molar-refractivity contribution in [1.82, 2.24) is 15.4 Å². The molecule has 0 aliphatic carbocycles. The van der Waals surface area contributed by atoms with Crippen LogP contribution in [0.2, 0.25) is 0 Å². The summed E-state index contributed by atoms with van der Waals surface area (Å²) in [5, 5.41) is 0.761. The molecule has 3 aromatic rings. The second-order valence-corrected chi connectivity index (χ2v) is 5.31. The van der Waals surface area contributed by atoms with Gasteiger partial charge in [0.25, 0.3) is 0 Å². The zero-order chi connectivity index (χ0) is 14.8. The average Bonchev–Trinajstić information content (AvgIpc) is 3.10. The van der Waals surface area contributed by atoms with Gasteiger partial charge in [-0.3, -0.25) is 10.2 Å². The SMILES string of the molecule is NNC(=O)c1ccc(CSc2nc3ccc(N)cc3[nH]2)o1. The monoisotopic (exact) mass is 303 g/mol. The number of aromatic nitrogens is 2. The summed E-state index contributed by atoms with van der Waals surface area (Å²) >= 11 is 1.47. The molecule has 0 aliphatic rings. The van der Waals surface area contributed by atoms with Crippen molar-refractivity contribution < 1.29 is 9.21 Å². The number of hydrogen-bond acceptors (Lipinski definition) is 6. The third-order valence-electron chi connectivity index (χ3n) is 2.85. The van der Waals surface area contributed by atoms with Crippen LogP contribution in [0.4, 0.5) is 5.69 Å². The van der Waals surface area contributed by atoms with Crippen molar-refractivity contribution in [3.05, 3.63) is 41.9 Å². The van der Waals surface area contributed by atoms with Gasteiger partial charge >= 0.3 is 5.91 Å². The fourth-order valence-corrected chi connectivity index (χ4v) is 2.64. The maximum absolute atomic E-state index is 11.3. The number of anilines is 1. The van der Waals surface area contributed by atoms with Crippen molar-refractivity contribution in [3.8, 4) is 0 Å². The fourth-order valence-electron chi connectivity index (χ4n) is 1.86. The smallest absolute Gasteiger partial charge is 0.300 e. The van der Waals surface area contributed by atoms with E-state index in [1.54, 1.807) is 12.1 Å². The van der Waals surface area contributed by atoms with E-state index in [4.69, 9.17) is 16.0 Å². The number of rotatable bonds is 4. The predicted octanol–water partition coefficient (Wildman–Crippen LogP) is 1.63. The molecular weight excluding hydrogens is 290 g/mol. The minimum atomic E-state index is -0.453. The molecule has 0 saturated heterocycles. The molecule has 0 atom stereocenters. The molecule has 0 aliphatic heterocycles. The van der Waals surface area contributed by atoms with Gasteiger partial charge in [0, 0.05) is 5.69 Å². The van der Waals surface area contributed by atoms with Crippen molar-refractivity contribution >= 4 is 34.4 Å². The van der Waals surface area contributed by atoms with Gasteiger partial charge in [-0.15, -0.1) is 0 Å². The number of carbonyl (C=O) groups excluding carboxylic acids is 1. The molecule has 108 valence electrons. The Kier molecular flexibility index (Phi) is 3.55. The predicted molar refractivity (Wildman–Crippen MR) is 80.4 cm³/mol. The number of thioether (sulfide) groups is 1. The van der Waals surface area contributed by atoms with Gasteiger partial charge in [-0.2, -0.15) is 0 Å². The Morgan fingerprint density at radius 2 is 2.24 bits per heavy atom. The van der Waals surface area contributed by atoms with Crippen LogP contribution in [-0.2, 0) is 5.75 Å². The number of nitrogens with one attached hydrogen (secondary N) is 2. The van der Waals surface area contributed by atoms with Crippen molar-refractivity contribution in [2.45, 2.75) is 10.9 Å². The van der Waals surface area contributed by atoms with Gasteiger partial charge in [0.1, 0.15) is 5.76 Å². The summed E-state index contributed by atoms with van der Waals surface area (Å²) in [5.74, 6) is 5.99. The minimum Gasteiger partial charge on any atom is -0.455 e. The second kappa shape index (κ2) is 5.51. The first-order valence-corrected chi connectivity index (χ1v) is 7.12. The number of amides is 1. The molecule has 2 heterocycles. The third kappa shape index (κ3) is 2.86. The fraction of sp³-hybridized carbons (Fsp3) is 0.0769. The van der Waals surface area contributed by atoms with Crippen LogP contribution >= 0.6 is 11.8 Å². The Labute approximate surface area is 124 Å². The van der Waals surface area contributed by atoms with E-state index < -0.39 is 5.91 Å². The largest absolute Gasteiger partial charge is 0.455 e. The van der Waals surface area contributed by atoms with Crippen LogP contribution in [-0.4, -0.2) is 15.9 Å². The maximum atomic E-state index is 11.3. The lowest BCUT2D eigenvalue weighted by Gasteiger charge is -1.95. The van der Waals surface area contributed by atoms with Crippen molar-refractivity contribution in [2.24, 2.45) is 5.84 Å². The van der Waals surface area contributed by atoms with Crippen LogP contribution in [0, 0.1) is 0 Å². The quantitative estimate of drug-likeness (QED) is 0.191. The Balaban J connectivity index is 1.71. The van der Waals surface area contributed by atoms with E-state index >= 15 is 0 Å². The number of nitrogens with two attached hydrogens (primary N) is 2. The van der Waals surface area contributed by atoms with E-state index in [1.165, 1.54) is 11.8 Å². The van der Waals surface area contributed by atoms with Crippen LogP contribution in [0.1, 0.15) is 16.3 Å². The Morgan fingerprint density at radius 3 is 3.05 bits per heavy atom. The topological polar surface area (TPSA) is 123 Å². The Bertz CT molecular complexity index is 795. The highest BCUT2D eigenvalue weighted by molar-refractivity contribution is 7.98. The summed E-state index contributed by atoms with van der Waals surface area (Å²) in [7, 11) is 0. The molecule has 6 N–H and O–H groups in total. The molecule has 3 rings (SSSR count). The zero-order valence-corrected chi connectivity index (χ0v) is 11.7. The third-order valence-corrected chi connectivity index (χ3v) is 3.75. The van der Waals surface area contributed by atoms with Gasteiger partial charge in [0.15, 0.2) is 10.9 Å². The lowest BCUT2D eigenvalue weighted by atomic mass is 10.3. The van der Waals surface area contributed by atoms with E-state index in [1.807, 2.05) is 23.6 Å². The molecule has 1 aromatic carbocycles. The number of carbonyl (C=O) groups is 1. The molecule has 1 amide bonds. The molecule has 0 spiro atoms. The first-order valence-electron chi connectivity index (χ1n) is 6.13. The Hall–Kier alpha value is -2.45. The lowest BCUT2D eigenvalue weighted by Crippen LogP contribution is -2.29. The number of hydrogen-bond donors (Lipinski definition) is 4. The number of imidazole rings is 1. The summed E-state index contributed by atoms with van der Waals surface area (Å²) in [6.07, 6.45) is 0. The van der Waals surface area contributed by atoms with Gasteiger partial charge in [-0.1, -0.05) is 11.8 Å². The molecule has 0 unspecified atom stereocenters. The maximum Gasteiger partial charge on any atom is 0.300 e. The van der Waals surface area contributed by atoms with E-state index in [9.17, 15) is 4.79 Å². The van der Waals surface area contributed by atoms with E-state index in [2.05, 4.69) is 9.97 Å². The Morgan fingerprint density at radius 1 is 1.38 bits per heavy atom. The lowest BCUT2D eigenvalue weighted by molar-refractivity contribution is 0.0924. The minimum absolute atomic E-state index is 0.186. The number of nitrogen functional groups attached to an aromatic ring is 2. The highest BCUT2D eigenvalue weighted by atomic mass is 32.2. The summed E-state index contributed by atoms with van der Waals surface area (Å²) in [4.78, 5) is 18.9.